The van der Waals surface area contributed by atoms with Crippen molar-refractivity contribution in [2.75, 3.05) is 0 Å². The number of rotatable bonds is 4. The number of phenolic OH excluding ortho intramolecular Hbond substituents is 1. The molecule has 112 valence electrons. The van der Waals surface area contributed by atoms with Gasteiger partial charge in [0.15, 0.2) is 5.75 Å². The van der Waals surface area contributed by atoms with Crippen LogP contribution in [0.4, 0.5) is 10.1 Å². The van der Waals surface area contributed by atoms with E-state index in [1.165, 1.54) is 30.5 Å². The first-order chi connectivity index (χ1) is 10.5. The summed E-state index contributed by atoms with van der Waals surface area (Å²) in [5, 5.41) is 23.6. The van der Waals surface area contributed by atoms with Gasteiger partial charge in [0, 0.05) is 17.2 Å². The summed E-state index contributed by atoms with van der Waals surface area (Å²) in [6.45, 7) is 0. The van der Waals surface area contributed by atoms with Crippen LogP contribution in [0.5, 0.6) is 5.75 Å². The van der Waals surface area contributed by atoms with E-state index < -0.39 is 28.1 Å². The van der Waals surface area contributed by atoms with Gasteiger partial charge in [-0.2, -0.15) is 5.10 Å². The number of phenols is 1. The molecule has 0 saturated carbocycles. The first-order valence-corrected chi connectivity index (χ1v) is 6.04. The van der Waals surface area contributed by atoms with Crippen LogP contribution in [0.15, 0.2) is 47.6 Å². The Morgan fingerprint density at radius 3 is 2.77 bits per heavy atom. The van der Waals surface area contributed by atoms with Crippen LogP contribution in [-0.2, 0) is 0 Å². The van der Waals surface area contributed by atoms with Gasteiger partial charge in [0.25, 0.3) is 5.91 Å². The molecule has 1 amide bonds. The minimum Gasteiger partial charge on any atom is -0.502 e. The van der Waals surface area contributed by atoms with E-state index in [1.807, 2.05) is 0 Å². The summed E-state index contributed by atoms with van der Waals surface area (Å²) in [5.74, 6) is -1.64. The maximum absolute atomic E-state index is 13.0. The molecule has 2 aromatic carbocycles. The standard InChI is InChI=1S/C14H10FN3O4/c15-11-3-1-2-10(7-11)14(20)17-16-8-9-4-5-13(19)12(6-9)18(21)22/h1-8,19H,(H,17,20)/b16-8-. The molecule has 0 unspecified atom stereocenters. The number of aromatic hydroxyl groups is 1. The van der Waals surface area contributed by atoms with Gasteiger partial charge in [-0.1, -0.05) is 6.07 Å². The average molecular weight is 303 g/mol. The van der Waals surface area contributed by atoms with Crippen molar-refractivity contribution in [3.63, 3.8) is 0 Å². The van der Waals surface area contributed by atoms with Gasteiger partial charge in [0.1, 0.15) is 5.82 Å². The molecule has 0 saturated heterocycles. The summed E-state index contributed by atoms with van der Waals surface area (Å²) in [6.07, 6.45) is 1.17. The van der Waals surface area contributed by atoms with E-state index in [9.17, 15) is 24.4 Å². The number of carbonyl (C=O) groups excluding carboxylic acids is 1. The molecule has 0 radical (unpaired) electrons. The molecule has 0 bridgehead atoms. The molecular formula is C14H10FN3O4. The SMILES string of the molecule is O=C(N/N=C\c1ccc(O)c([N+](=O)[O-])c1)c1cccc(F)c1. The van der Waals surface area contributed by atoms with Crippen molar-refractivity contribution in [3.05, 3.63) is 69.5 Å². The molecule has 22 heavy (non-hydrogen) atoms. The van der Waals surface area contributed by atoms with Crippen molar-refractivity contribution >= 4 is 17.8 Å². The summed E-state index contributed by atoms with van der Waals surface area (Å²) in [4.78, 5) is 21.6. The van der Waals surface area contributed by atoms with E-state index in [1.54, 1.807) is 0 Å². The highest BCUT2D eigenvalue weighted by Crippen LogP contribution is 2.25. The molecule has 0 fully saturated rings. The van der Waals surface area contributed by atoms with Gasteiger partial charge in [0.05, 0.1) is 11.1 Å². The number of hydrogen-bond donors (Lipinski definition) is 2. The molecule has 0 heterocycles. The minimum absolute atomic E-state index is 0.0915. The lowest BCUT2D eigenvalue weighted by Gasteiger charge is -2.00. The fourth-order valence-electron chi connectivity index (χ4n) is 1.63. The van der Waals surface area contributed by atoms with Crippen LogP contribution in [0.25, 0.3) is 0 Å². The Labute approximate surface area is 123 Å². The minimum atomic E-state index is -0.738. The highest BCUT2D eigenvalue weighted by molar-refractivity contribution is 5.94. The Bertz CT molecular complexity index is 762. The Hall–Kier alpha value is -3.29. The van der Waals surface area contributed by atoms with Gasteiger partial charge in [0.2, 0.25) is 0 Å². The second kappa shape index (κ2) is 6.44. The third kappa shape index (κ3) is 3.63. The number of hydrogen-bond acceptors (Lipinski definition) is 5. The van der Waals surface area contributed by atoms with Crippen LogP contribution >= 0.6 is 0 Å². The number of nitro groups is 1. The lowest BCUT2D eigenvalue weighted by molar-refractivity contribution is -0.385. The second-order valence-electron chi connectivity index (χ2n) is 4.21. The van der Waals surface area contributed by atoms with Crippen molar-refractivity contribution in [1.82, 2.24) is 5.43 Å². The first kappa shape index (κ1) is 15.1. The topological polar surface area (TPSA) is 105 Å². The van der Waals surface area contributed by atoms with E-state index in [4.69, 9.17) is 0 Å². The number of nitrogens with one attached hydrogen (secondary N) is 1. The molecular weight excluding hydrogens is 293 g/mol. The molecule has 0 aliphatic heterocycles. The number of amides is 1. The lowest BCUT2D eigenvalue weighted by atomic mass is 10.2. The quantitative estimate of drug-likeness (QED) is 0.513. The number of halogens is 1. The molecule has 2 aromatic rings. The molecule has 0 aliphatic rings. The van der Waals surface area contributed by atoms with Crippen LogP contribution in [0.2, 0.25) is 0 Å². The molecule has 8 heteroatoms. The van der Waals surface area contributed by atoms with E-state index in [-0.39, 0.29) is 5.56 Å². The zero-order valence-corrected chi connectivity index (χ0v) is 11.1. The lowest BCUT2D eigenvalue weighted by Crippen LogP contribution is -2.17. The molecule has 2 rings (SSSR count). The second-order valence-corrected chi connectivity index (χ2v) is 4.21. The van der Waals surface area contributed by atoms with E-state index in [0.717, 1.165) is 18.2 Å². The van der Waals surface area contributed by atoms with E-state index in [2.05, 4.69) is 10.5 Å². The maximum atomic E-state index is 13.0. The molecule has 0 aromatic heterocycles. The number of hydrazone groups is 1. The smallest absolute Gasteiger partial charge is 0.311 e. The number of carbonyl (C=O) groups is 1. The highest BCUT2D eigenvalue weighted by Gasteiger charge is 2.12. The van der Waals surface area contributed by atoms with Gasteiger partial charge < -0.3 is 5.11 Å². The summed E-state index contributed by atoms with van der Waals surface area (Å²) < 4.78 is 13.0. The average Bonchev–Trinajstić information content (AvgIpc) is 2.48. The molecule has 0 spiro atoms. The van der Waals surface area contributed by atoms with Crippen LogP contribution in [0.3, 0.4) is 0 Å². The van der Waals surface area contributed by atoms with Crippen molar-refractivity contribution < 1.29 is 19.2 Å². The van der Waals surface area contributed by atoms with Crippen molar-refractivity contribution in [2.24, 2.45) is 5.10 Å². The van der Waals surface area contributed by atoms with E-state index >= 15 is 0 Å². The fraction of sp³-hybridized carbons (Fsp3) is 0. The Morgan fingerprint density at radius 1 is 1.32 bits per heavy atom. The summed E-state index contributed by atoms with van der Waals surface area (Å²) in [6, 6.07) is 8.70. The van der Waals surface area contributed by atoms with Crippen LogP contribution < -0.4 is 5.43 Å². The predicted molar refractivity (Wildman–Crippen MR) is 76.2 cm³/mol. The van der Waals surface area contributed by atoms with Crippen molar-refractivity contribution in [1.29, 1.82) is 0 Å². The van der Waals surface area contributed by atoms with Gasteiger partial charge in [-0.15, -0.1) is 0 Å². The summed E-state index contributed by atoms with van der Waals surface area (Å²) in [5.41, 5.74) is 2.10. The number of nitrogens with zero attached hydrogens (tertiary/aromatic N) is 2. The van der Waals surface area contributed by atoms with Crippen LogP contribution in [-0.4, -0.2) is 22.2 Å². The van der Waals surface area contributed by atoms with Gasteiger partial charge in [-0.25, -0.2) is 9.82 Å². The van der Waals surface area contributed by atoms with Crippen LogP contribution in [0, 0.1) is 15.9 Å². The molecule has 0 aliphatic carbocycles. The van der Waals surface area contributed by atoms with Gasteiger partial charge >= 0.3 is 5.69 Å². The monoisotopic (exact) mass is 303 g/mol. The third-order valence-corrected chi connectivity index (χ3v) is 2.66. The number of nitro benzene ring substituents is 1. The Balaban J connectivity index is 2.08. The van der Waals surface area contributed by atoms with E-state index in [0.29, 0.717) is 5.56 Å². The normalized spacial score (nSPS) is 10.6. The molecule has 0 atom stereocenters. The van der Waals surface area contributed by atoms with Crippen molar-refractivity contribution in [3.8, 4) is 5.75 Å². The van der Waals surface area contributed by atoms with Crippen molar-refractivity contribution in [2.45, 2.75) is 0 Å². The zero-order valence-electron chi connectivity index (χ0n) is 11.1. The number of benzene rings is 2. The maximum Gasteiger partial charge on any atom is 0.311 e. The fourth-order valence-corrected chi connectivity index (χ4v) is 1.63. The highest BCUT2D eigenvalue weighted by atomic mass is 19.1. The molecule has 7 nitrogen and oxygen atoms in total. The largest absolute Gasteiger partial charge is 0.502 e. The third-order valence-electron chi connectivity index (χ3n) is 2.66. The van der Waals surface area contributed by atoms with Crippen LogP contribution in [0.1, 0.15) is 15.9 Å². The Morgan fingerprint density at radius 2 is 2.09 bits per heavy atom. The van der Waals surface area contributed by atoms with Gasteiger partial charge in [-0.3, -0.25) is 14.9 Å². The molecule has 2 N–H and O–H groups in total. The predicted octanol–water partition coefficient (Wildman–Crippen LogP) is 2.20. The van der Waals surface area contributed by atoms with Gasteiger partial charge in [-0.05, 0) is 30.3 Å². The first-order valence-electron chi connectivity index (χ1n) is 6.04. The Kier molecular flexibility index (Phi) is 4.42. The summed E-state index contributed by atoms with van der Waals surface area (Å²) in [7, 11) is 0. The summed E-state index contributed by atoms with van der Waals surface area (Å²) >= 11 is 0. The zero-order chi connectivity index (χ0) is 16.1.